The highest BCUT2D eigenvalue weighted by molar-refractivity contribution is 7.13. The highest BCUT2D eigenvalue weighted by atomic mass is 35.5. The van der Waals surface area contributed by atoms with Gasteiger partial charge in [0, 0.05) is 30.4 Å². The van der Waals surface area contributed by atoms with Crippen LogP contribution in [0.2, 0.25) is 5.02 Å². The number of hydrogen-bond acceptors (Lipinski definition) is 6. The smallest absolute Gasteiger partial charge is 0.256 e. The molecule has 1 aliphatic heterocycles. The molecule has 0 aliphatic carbocycles. The Morgan fingerprint density at radius 2 is 2.06 bits per heavy atom. The molecule has 1 aliphatic rings. The number of thiazole rings is 1. The number of oxazole rings is 1. The highest BCUT2D eigenvalue weighted by Crippen LogP contribution is 2.34. The van der Waals surface area contributed by atoms with E-state index in [9.17, 15) is 4.79 Å². The Morgan fingerprint density at radius 3 is 2.91 bits per heavy atom. The molecule has 0 bridgehead atoms. The van der Waals surface area contributed by atoms with Crippen molar-refractivity contribution in [2.24, 2.45) is 0 Å². The second-order valence-corrected chi connectivity index (χ2v) is 9.00. The van der Waals surface area contributed by atoms with Gasteiger partial charge >= 0.3 is 0 Å². The van der Waals surface area contributed by atoms with E-state index in [1.807, 2.05) is 35.2 Å². The summed E-state index contributed by atoms with van der Waals surface area (Å²) in [6.07, 6.45) is 8.53. The molecule has 0 N–H and O–H groups in total. The molecule has 1 unspecified atom stereocenters. The van der Waals surface area contributed by atoms with Gasteiger partial charge < -0.3 is 9.32 Å². The van der Waals surface area contributed by atoms with Gasteiger partial charge in [0.25, 0.3) is 5.91 Å². The summed E-state index contributed by atoms with van der Waals surface area (Å²) in [6, 6.07) is 11.1. The Kier molecular flexibility index (Phi) is 6.01. The number of rotatable bonds is 5. The number of carbonyl (C=O) groups is 1. The van der Waals surface area contributed by atoms with E-state index in [1.54, 1.807) is 30.2 Å². The molecular weight excluding hydrogens is 444 g/mol. The Balaban J connectivity index is 1.42. The first kappa shape index (κ1) is 20.8. The van der Waals surface area contributed by atoms with Crippen molar-refractivity contribution >= 4 is 28.8 Å². The first-order valence-corrected chi connectivity index (χ1v) is 11.8. The van der Waals surface area contributed by atoms with Crippen LogP contribution in [0.1, 0.15) is 52.9 Å². The van der Waals surface area contributed by atoms with E-state index in [-0.39, 0.29) is 11.9 Å². The molecule has 0 spiro atoms. The van der Waals surface area contributed by atoms with Gasteiger partial charge in [-0.2, -0.15) is 0 Å². The number of amides is 1. The molecule has 0 radical (unpaired) electrons. The maximum Gasteiger partial charge on any atom is 0.256 e. The zero-order chi connectivity index (χ0) is 21.9. The van der Waals surface area contributed by atoms with E-state index in [0.717, 1.165) is 35.5 Å². The van der Waals surface area contributed by atoms with E-state index >= 15 is 0 Å². The first-order chi connectivity index (χ1) is 15.7. The van der Waals surface area contributed by atoms with Crippen molar-refractivity contribution in [3.05, 3.63) is 88.3 Å². The van der Waals surface area contributed by atoms with Gasteiger partial charge in [0.2, 0.25) is 5.89 Å². The molecule has 1 fully saturated rings. The molecule has 0 saturated carbocycles. The molecule has 3 aromatic heterocycles. The van der Waals surface area contributed by atoms with Gasteiger partial charge in [0.1, 0.15) is 11.8 Å². The van der Waals surface area contributed by atoms with Gasteiger partial charge in [-0.3, -0.25) is 14.8 Å². The van der Waals surface area contributed by atoms with Crippen molar-refractivity contribution in [1.29, 1.82) is 0 Å². The lowest BCUT2D eigenvalue weighted by Crippen LogP contribution is -2.39. The van der Waals surface area contributed by atoms with Crippen molar-refractivity contribution in [3.63, 3.8) is 0 Å². The second-order valence-electron chi connectivity index (χ2n) is 7.71. The van der Waals surface area contributed by atoms with E-state index in [2.05, 4.69) is 15.0 Å². The van der Waals surface area contributed by atoms with Crippen LogP contribution in [-0.4, -0.2) is 32.3 Å². The molecule has 1 amide bonds. The molecule has 32 heavy (non-hydrogen) atoms. The van der Waals surface area contributed by atoms with E-state index in [0.29, 0.717) is 35.1 Å². The first-order valence-electron chi connectivity index (χ1n) is 10.5. The minimum atomic E-state index is -0.203. The number of aromatic nitrogens is 3. The summed E-state index contributed by atoms with van der Waals surface area (Å²) in [5.41, 5.74) is 3.97. The third-order valence-electron chi connectivity index (χ3n) is 5.65. The van der Waals surface area contributed by atoms with Gasteiger partial charge in [-0.05, 0) is 43.0 Å². The summed E-state index contributed by atoms with van der Waals surface area (Å²) in [6.45, 7) is 0.656. The third-order valence-corrected chi connectivity index (χ3v) is 6.80. The van der Waals surface area contributed by atoms with Gasteiger partial charge in [0.05, 0.1) is 27.8 Å². The summed E-state index contributed by atoms with van der Waals surface area (Å²) >= 11 is 7.77. The number of benzene rings is 1. The fourth-order valence-corrected chi connectivity index (χ4v) is 4.91. The number of pyridine rings is 1. The van der Waals surface area contributed by atoms with Crippen LogP contribution in [-0.2, 0) is 6.42 Å². The molecule has 4 aromatic rings. The molecule has 4 heterocycles. The van der Waals surface area contributed by atoms with Crippen molar-refractivity contribution in [1.82, 2.24) is 19.9 Å². The number of likely N-dealkylation sites (tertiary alicyclic amines) is 1. The van der Waals surface area contributed by atoms with Crippen molar-refractivity contribution < 1.29 is 9.21 Å². The largest absolute Gasteiger partial charge is 0.443 e. The van der Waals surface area contributed by atoms with Crippen LogP contribution in [0, 0.1) is 0 Å². The lowest BCUT2D eigenvalue weighted by Gasteiger charge is -2.34. The molecule has 8 heteroatoms. The molecule has 6 nitrogen and oxygen atoms in total. The summed E-state index contributed by atoms with van der Waals surface area (Å²) in [5, 5.41) is 0.701. The predicted octanol–water partition coefficient (Wildman–Crippen LogP) is 5.80. The second kappa shape index (κ2) is 9.22. The number of piperidine rings is 1. The Labute approximate surface area is 194 Å². The van der Waals surface area contributed by atoms with Crippen molar-refractivity contribution in [2.45, 2.75) is 31.7 Å². The summed E-state index contributed by atoms with van der Waals surface area (Å²) in [7, 11) is 0. The maximum atomic E-state index is 13.6. The van der Waals surface area contributed by atoms with E-state index < -0.39 is 0 Å². The molecule has 1 aromatic carbocycles. The monoisotopic (exact) mass is 464 g/mol. The van der Waals surface area contributed by atoms with E-state index in [1.165, 1.54) is 11.3 Å². The number of nitrogens with zero attached hydrogens (tertiary/aromatic N) is 4. The SMILES string of the molecule is O=C(c1cccnc1-c1cncs1)N1CCCCC1c1ncc(Cc2ccccc2Cl)o1. The fourth-order valence-electron chi connectivity index (χ4n) is 4.08. The fraction of sp³-hybridized carbons (Fsp3) is 0.250. The molecule has 5 rings (SSSR count). The predicted molar refractivity (Wildman–Crippen MR) is 124 cm³/mol. The Hall–Kier alpha value is -3.03. The third kappa shape index (κ3) is 4.18. The average molecular weight is 465 g/mol. The zero-order valence-electron chi connectivity index (χ0n) is 17.3. The Bertz CT molecular complexity index is 1220. The number of halogens is 1. The van der Waals surface area contributed by atoms with Crippen LogP contribution in [0.25, 0.3) is 10.6 Å². The molecular formula is C24H21ClN4O2S. The lowest BCUT2D eigenvalue weighted by atomic mass is 10.00. The summed E-state index contributed by atoms with van der Waals surface area (Å²) < 4.78 is 6.11. The van der Waals surface area contributed by atoms with Crippen molar-refractivity contribution in [2.75, 3.05) is 6.54 Å². The van der Waals surface area contributed by atoms with Gasteiger partial charge in [-0.1, -0.05) is 29.8 Å². The van der Waals surface area contributed by atoms with Gasteiger partial charge in [-0.15, -0.1) is 11.3 Å². The van der Waals surface area contributed by atoms with Crippen LogP contribution in [0.4, 0.5) is 0 Å². The van der Waals surface area contributed by atoms with Crippen LogP contribution in [0.15, 0.2) is 64.9 Å². The summed E-state index contributed by atoms with van der Waals surface area (Å²) in [5.74, 6) is 1.25. The number of hydrogen-bond donors (Lipinski definition) is 0. The lowest BCUT2D eigenvalue weighted by molar-refractivity contribution is 0.0570. The topological polar surface area (TPSA) is 72.1 Å². The molecule has 1 atom stereocenters. The number of carbonyl (C=O) groups excluding carboxylic acids is 1. The van der Waals surface area contributed by atoms with Crippen LogP contribution in [0.3, 0.4) is 0 Å². The Morgan fingerprint density at radius 1 is 1.16 bits per heavy atom. The minimum absolute atomic E-state index is 0.0583. The van der Waals surface area contributed by atoms with Gasteiger partial charge in [-0.25, -0.2) is 4.98 Å². The quantitative estimate of drug-likeness (QED) is 0.373. The molecule has 1 saturated heterocycles. The van der Waals surface area contributed by atoms with Crippen LogP contribution < -0.4 is 0 Å². The van der Waals surface area contributed by atoms with E-state index in [4.69, 9.17) is 16.0 Å². The average Bonchev–Trinajstić information content (AvgIpc) is 3.53. The zero-order valence-corrected chi connectivity index (χ0v) is 18.9. The minimum Gasteiger partial charge on any atom is -0.443 e. The normalized spacial score (nSPS) is 16.3. The summed E-state index contributed by atoms with van der Waals surface area (Å²) in [4.78, 5) is 29.5. The molecule has 162 valence electrons. The van der Waals surface area contributed by atoms with Crippen LogP contribution >= 0.6 is 22.9 Å². The van der Waals surface area contributed by atoms with Gasteiger partial charge in [0.15, 0.2) is 0 Å². The van der Waals surface area contributed by atoms with Crippen LogP contribution in [0.5, 0.6) is 0 Å². The highest BCUT2D eigenvalue weighted by Gasteiger charge is 2.33. The maximum absolute atomic E-state index is 13.6. The van der Waals surface area contributed by atoms with Crippen molar-refractivity contribution in [3.8, 4) is 10.6 Å². The standard InChI is InChI=1S/C24H21ClN4O2S/c25-19-8-2-1-6-16(19)12-17-13-28-23(31-17)20-9-3-4-11-29(20)24(30)18-7-5-10-27-22(18)21-14-26-15-32-21/h1-2,5-8,10,13-15,20H,3-4,9,11-12H2.